The lowest BCUT2D eigenvalue weighted by Gasteiger charge is -2.10. The van der Waals surface area contributed by atoms with Crippen molar-refractivity contribution in [3.05, 3.63) is 66.3 Å². The second-order valence-electron chi connectivity index (χ2n) is 5.35. The molecule has 2 heteroatoms. The van der Waals surface area contributed by atoms with Crippen LogP contribution in [0.25, 0.3) is 32.3 Å². The van der Waals surface area contributed by atoms with Gasteiger partial charge in [-0.3, -0.25) is 0 Å². The van der Waals surface area contributed by atoms with Gasteiger partial charge >= 0.3 is 0 Å². The van der Waals surface area contributed by atoms with Crippen molar-refractivity contribution in [1.82, 2.24) is 0 Å². The first-order valence-corrected chi connectivity index (χ1v) is 7.02. The molecule has 2 nitrogen and oxygen atoms in total. The SMILES string of the molecule is C1=N[C+](c2ccc3ccc4cccc5ccc2c3c45)N=C1. The van der Waals surface area contributed by atoms with E-state index in [2.05, 4.69) is 64.6 Å². The van der Waals surface area contributed by atoms with Crippen LogP contribution in [0.5, 0.6) is 0 Å². The Balaban J connectivity index is 2.01. The molecule has 1 heterocycles. The Morgan fingerprint density at radius 2 is 1.24 bits per heavy atom. The molecular formula is C19H11N2+. The molecule has 1 aliphatic rings. The summed E-state index contributed by atoms with van der Waals surface area (Å²) in [4.78, 5) is 8.72. The summed E-state index contributed by atoms with van der Waals surface area (Å²) >= 11 is 0. The number of hydrogen-bond acceptors (Lipinski definition) is 2. The first-order chi connectivity index (χ1) is 10.4. The summed E-state index contributed by atoms with van der Waals surface area (Å²) < 4.78 is 0. The number of benzene rings is 4. The summed E-state index contributed by atoms with van der Waals surface area (Å²) in [5, 5.41) is 7.71. The van der Waals surface area contributed by atoms with Gasteiger partial charge in [-0.05, 0) is 34.4 Å². The van der Waals surface area contributed by atoms with E-state index in [1.165, 1.54) is 32.3 Å². The van der Waals surface area contributed by atoms with Crippen molar-refractivity contribution in [2.24, 2.45) is 9.98 Å². The molecule has 96 valence electrons. The summed E-state index contributed by atoms with van der Waals surface area (Å²) in [6, 6.07) is 19.5. The van der Waals surface area contributed by atoms with Gasteiger partial charge in [0.2, 0.25) is 6.17 Å². The fourth-order valence-corrected chi connectivity index (χ4v) is 3.31. The Labute approximate surface area is 121 Å². The lowest BCUT2D eigenvalue weighted by Crippen LogP contribution is -1.93. The van der Waals surface area contributed by atoms with Gasteiger partial charge in [0, 0.05) is 16.8 Å². The first kappa shape index (κ1) is 10.9. The smallest absolute Gasteiger partial charge is 0.147 e. The van der Waals surface area contributed by atoms with E-state index in [1.54, 1.807) is 12.4 Å². The number of nitrogens with zero attached hydrogens (tertiary/aromatic N) is 2. The molecule has 21 heavy (non-hydrogen) atoms. The highest BCUT2D eigenvalue weighted by Gasteiger charge is 2.23. The zero-order valence-electron chi connectivity index (χ0n) is 11.2. The molecule has 0 aromatic heterocycles. The lowest BCUT2D eigenvalue weighted by atomic mass is 9.91. The normalized spacial score (nSPS) is 14.2. The van der Waals surface area contributed by atoms with Crippen molar-refractivity contribution in [2.45, 2.75) is 0 Å². The first-order valence-electron chi connectivity index (χ1n) is 7.02. The minimum Gasteiger partial charge on any atom is -0.147 e. The number of aliphatic imine (C=N–C) groups is 2. The maximum Gasteiger partial charge on any atom is 0.243 e. The molecule has 5 rings (SSSR count). The topological polar surface area (TPSA) is 24.7 Å². The minimum atomic E-state index is 0.799. The lowest BCUT2D eigenvalue weighted by molar-refractivity contribution is 1.09. The molecular weight excluding hydrogens is 256 g/mol. The van der Waals surface area contributed by atoms with Gasteiger partial charge in [0.25, 0.3) is 0 Å². The highest BCUT2D eigenvalue weighted by molar-refractivity contribution is 6.24. The highest BCUT2D eigenvalue weighted by atomic mass is 15.0. The van der Waals surface area contributed by atoms with Crippen molar-refractivity contribution in [2.75, 3.05) is 0 Å². The molecule has 0 radical (unpaired) electrons. The summed E-state index contributed by atoms with van der Waals surface area (Å²) in [6.07, 6.45) is 4.29. The van der Waals surface area contributed by atoms with Gasteiger partial charge in [0.1, 0.15) is 18.0 Å². The van der Waals surface area contributed by atoms with Gasteiger partial charge in [-0.1, -0.05) is 30.3 Å². The highest BCUT2D eigenvalue weighted by Crippen LogP contribution is 2.38. The van der Waals surface area contributed by atoms with Crippen LogP contribution in [0, 0.1) is 6.17 Å². The minimum absolute atomic E-state index is 0.799. The molecule has 0 atom stereocenters. The number of hydrogen-bond donors (Lipinski definition) is 0. The summed E-state index contributed by atoms with van der Waals surface area (Å²) in [6.45, 7) is 0. The van der Waals surface area contributed by atoms with E-state index >= 15 is 0 Å². The van der Waals surface area contributed by atoms with E-state index in [1.807, 2.05) is 0 Å². The van der Waals surface area contributed by atoms with Crippen molar-refractivity contribution < 1.29 is 0 Å². The van der Waals surface area contributed by atoms with Crippen LogP contribution in [0.2, 0.25) is 0 Å². The van der Waals surface area contributed by atoms with Gasteiger partial charge in [-0.25, -0.2) is 0 Å². The second kappa shape index (κ2) is 3.83. The van der Waals surface area contributed by atoms with Gasteiger partial charge in [-0.2, -0.15) is 0 Å². The standard InChI is InChI=1S/C19H11N2/c1-2-12-4-5-14-7-9-16(19-20-10-11-21-19)15-8-6-13(3-1)17(12)18(14)15/h1-11H/q+1. The summed E-state index contributed by atoms with van der Waals surface area (Å²) in [7, 11) is 0. The average Bonchev–Trinajstić information content (AvgIpc) is 3.07. The van der Waals surface area contributed by atoms with E-state index in [9.17, 15) is 0 Å². The average molecular weight is 267 g/mol. The summed E-state index contributed by atoms with van der Waals surface area (Å²) in [5.74, 6) is 0. The predicted octanol–water partition coefficient (Wildman–Crippen LogP) is 4.58. The fraction of sp³-hybridized carbons (Fsp3) is 0. The third-order valence-electron chi connectivity index (χ3n) is 4.23. The van der Waals surface area contributed by atoms with Crippen LogP contribution in [0.15, 0.2) is 64.6 Å². The van der Waals surface area contributed by atoms with Crippen LogP contribution < -0.4 is 0 Å². The Morgan fingerprint density at radius 1 is 0.619 bits per heavy atom. The molecule has 1 aliphatic heterocycles. The van der Waals surface area contributed by atoms with Crippen molar-refractivity contribution in [1.29, 1.82) is 0 Å². The fourth-order valence-electron chi connectivity index (χ4n) is 3.31. The van der Waals surface area contributed by atoms with Crippen LogP contribution >= 0.6 is 0 Å². The Bertz CT molecular complexity index is 1020. The second-order valence-corrected chi connectivity index (χ2v) is 5.35. The molecule has 4 aromatic carbocycles. The van der Waals surface area contributed by atoms with E-state index in [-0.39, 0.29) is 0 Å². The Kier molecular flexibility index (Phi) is 1.98. The largest absolute Gasteiger partial charge is 0.243 e. The maximum absolute atomic E-state index is 4.36. The molecule has 0 bridgehead atoms. The monoisotopic (exact) mass is 267 g/mol. The van der Waals surface area contributed by atoms with E-state index in [0.29, 0.717) is 0 Å². The molecule has 0 saturated heterocycles. The van der Waals surface area contributed by atoms with Crippen molar-refractivity contribution >= 4 is 44.7 Å². The molecule has 4 aromatic rings. The van der Waals surface area contributed by atoms with E-state index in [0.717, 1.165) is 11.7 Å². The quantitative estimate of drug-likeness (QED) is 0.356. The number of rotatable bonds is 1. The Morgan fingerprint density at radius 3 is 2.00 bits per heavy atom. The van der Waals surface area contributed by atoms with Gasteiger partial charge < -0.3 is 0 Å². The molecule has 0 spiro atoms. The molecule has 0 N–H and O–H groups in total. The predicted molar refractivity (Wildman–Crippen MR) is 89.5 cm³/mol. The zero-order valence-corrected chi connectivity index (χ0v) is 11.2. The molecule has 0 unspecified atom stereocenters. The van der Waals surface area contributed by atoms with Gasteiger partial charge in [-0.15, -0.1) is 9.98 Å². The van der Waals surface area contributed by atoms with Gasteiger partial charge in [0.05, 0.1) is 5.39 Å². The zero-order chi connectivity index (χ0) is 13.8. The third kappa shape index (κ3) is 1.39. The van der Waals surface area contributed by atoms with Crippen molar-refractivity contribution in [3.8, 4) is 0 Å². The van der Waals surface area contributed by atoms with Crippen LogP contribution in [0.4, 0.5) is 0 Å². The van der Waals surface area contributed by atoms with Crippen LogP contribution in [-0.2, 0) is 0 Å². The summed E-state index contributed by atoms with van der Waals surface area (Å²) in [5.41, 5.74) is 1.10. The van der Waals surface area contributed by atoms with Crippen LogP contribution in [0.1, 0.15) is 5.56 Å². The molecule has 0 fully saturated rings. The van der Waals surface area contributed by atoms with Crippen LogP contribution in [-0.4, -0.2) is 12.4 Å². The molecule has 0 amide bonds. The van der Waals surface area contributed by atoms with E-state index in [4.69, 9.17) is 0 Å². The maximum atomic E-state index is 4.36. The molecule has 0 aliphatic carbocycles. The molecule has 0 saturated carbocycles. The van der Waals surface area contributed by atoms with Crippen LogP contribution in [0.3, 0.4) is 0 Å². The van der Waals surface area contributed by atoms with Gasteiger partial charge in [0.15, 0.2) is 0 Å². The van der Waals surface area contributed by atoms with Crippen molar-refractivity contribution in [3.63, 3.8) is 0 Å². The van der Waals surface area contributed by atoms with E-state index < -0.39 is 0 Å². The Hall–Kier alpha value is -2.87. The third-order valence-corrected chi connectivity index (χ3v) is 4.23.